The highest BCUT2D eigenvalue weighted by Crippen LogP contribution is 2.25. The Hall–Kier alpha value is -1.75. The summed E-state index contributed by atoms with van der Waals surface area (Å²) >= 11 is 0. The molecule has 0 aromatic heterocycles. The summed E-state index contributed by atoms with van der Waals surface area (Å²) in [6, 6.07) is 7.21. The van der Waals surface area contributed by atoms with E-state index in [1.165, 1.54) is 0 Å². The Balaban J connectivity index is 1.77. The molecule has 1 aliphatic heterocycles. The van der Waals surface area contributed by atoms with Crippen LogP contribution in [-0.4, -0.2) is 38.9 Å². The predicted octanol–water partition coefficient (Wildman–Crippen LogP) is 0.589. The molecule has 1 aromatic rings. The van der Waals surface area contributed by atoms with E-state index in [1.807, 2.05) is 12.1 Å². The molecule has 1 aromatic carbocycles. The van der Waals surface area contributed by atoms with Crippen LogP contribution in [0.3, 0.4) is 0 Å². The summed E-state index contributed by atoms with van der Waals surface area (Å²) in [5.74, 6) is 1.02. The van der Waals surface area contributed by atoms with E-state index in [4.69, 9.17) is 14.2 Å². The van der Waals surface area contributed by atoms with Gasteiger partial charge in [0.2, 0.25) is 0 Å². The third-order valence-electron chi connectivity index (χ3n) is 2.36. The quantitative estimate of drug-likeness (QED) is 0.736. The highest BCUT2D eigenvalue weighted by molar-refractivity contribution is 5.77. The molecule has 17 heavy (non-hydrogen) atoms. The van der Waals surface area contributed by atoms with Crippen LogP contribution in [0.15, 0.2) is 24.3 Å². The fraction of sp³-hybridized carbons (Fsp3) is 0.417. The van der Waals surface area contributed by atoms with Crippen molar-refractivity contribution in [1.29, 1.82) is 0 Å². The number of benzene rings is 1. The Kier molecular flexibility index (Phi) is 3.82. The van der Waals surface area contributed by atoms with Crippen molar-refractivity contribution < 1.29 is 19.0 Å². The van der Waals surface area contributed by atoms with E-state index in [-0.39, 0.29) is 18.6 Å². The number of epoxide rings is 1. The minimum absolute atomic E-state index is 0.0207. The minimum atomic E-state index is -0.161. The van der Waals surface area contributed by atoms with Crippen LogP contribution in [0.4, 0.5) is 0 Å². The second-order valence-electron chi connectivity index (χ2n) is 3.70. The molecule has 1 saturated heterocycles. The Labute approximate surface area is 99.7 Å². The number of carbonyl (C=O) groups is 1. The first-order chi connectivity index (χ1) is 8.29. The highest BCUT2D eigenvalue weighted by Gasteiger charge is 2.22. The summed E-state index contributed by atoms with van der Waals surface area (Å²) in [5, 5.41) is 2.72. The van der Waals surface area contributed by atoms with E-state index >= 15 is 0 Å². The third kappa shape index (κ3) is 3.64. The first-order valence-electron chi connectivity index (χ1n) is 5.43. The molecule has 1 N–H and O–H groups in total. The average Bonchev–Trinajstić information content (AvgIpc) is 3.18. The number of methoxy groups -OCH3 is 1. The number of nitrogens with one attached hydrogen (secondary N) is 1. The smallest absolute Gasteiger partial charge is 0.258 e. The maximum atomic E-state index is 11.4. The van der Waals surface area contributed by atoms with Gasteiger partial charge in [-0.15, -0.1) is 0 Å². The number of rotatable bonds is 6. The molecule has 1 heterocycles. The Morgan fingerprint density at radius 3 is 2.82 bits per heavy atom. The molecule has 0 radical (unpaired) electrons. The first kappa shape index (κ1) is 11.7. The van der Waals surface area contributed by atoms with E-state index in [2.05, 4.69) is 5.32 Å². The van der Waals surface area contributed by atoms with Crippen LogP contribution in [-0.2, 0) is 9.53 Å². The third-order valence-corrected chi connectivity index (χ3v) is 2.36. The van der Waals surface area contributed by atoms with Gasteiger partial charge in [0.25, 0.3) is 5.91 Å². The lowest BCUT2D eigenvalue weighted by atomic mass is 10.3. The summed E-state index contributed by atoms with van der Waals surface area (Å²) in [4.78, 5) is 11.4. The normalized spacial score (nSPS) is 17.4. The number of amides is 1. The molecule has 1 fully saturated rings. The monoisotopic (exact) mass is 237 g/mol. The molecule has 0 saturated carbocycles. The number of ether oxygens (including phenoxy) is 3. The zero-order valence-corrected chi connectivity index (χ0v) is 9.64. The summed E-state index contributed by atoms with van der Waals surface area (Å²) in [6.07, 6.45) is 0.185. The van der Waals surface area contributed by atoms with Crippen LogP contribution in [0.1, 0.15) is 0 Å². The van der Waals surface area contributed by atoms with Gasteiger partial charge in [-0.2, -0.15) is 0 Å². The Morgan fingerprint density at radius 2 is 2.18 bits per heavy atom. The van der Waals surface area contributed by atoms with E-state index in [1.54, 1.807) is 19.2 Å². The first-order valence-corrected chi connectivity index (χ1v) is 5.43. The fourth-order valence-electron chi connectivity index (χ4n) is 1.35. The number of carbonyl (C=O) groups excluding carboxylic acids is 1. The number of hydrogen-bond acceptors (Lipinski definition) is 4. The summed E-state index contributed by atoms with van der Waals surface area (Å²) < 4.78 is 15.5. The van der Waals surface area contributed by atoms with Gasteiger partial charge in [-0.25, -0.2) is 0 Å². The van der Waals surface area contributed by atoms with Crippen molar-refractivity contribution in [1.82, 2.24) is 5.32 Å². The van der Waals surface area contributed by atoms with Crippen molar-refractivity contribution in [3.05, 3.63) is 24.3 Å². The van der Waals surface area contributed by atoms with Crippen molar-refractivity contribution >= 4 is 5.91 Å². The molecular formula is C12H15NO4. The van der Waals surface area contributed by atoms with Crippen molar-refractivity contribution in [2.45, 2.75) is 6.10 Å². The lowest BCUT2D eigenvalue weighted by Crippen LogP contribution is -2.31. The van der Waals surface area contributed by atoms with Crippen LogP contribution < -0.4 is 14.8 Å². The standard InChI is InChI=1S/C12H15NO4/c1-15-10-4-2-3-5-11(10)17-8-12(14)13-6-9-7-16-9/h2-5,9H,6-8H2,1H3,(H,13,14). The fourth-order valence-corrected chi connectivity index (χ4v) is 1.35. The molecular weight excluding hydrogens is 222 g/mol. The van der Waals surface area contributed by atoms with E-state index in [0.717, 1.165) is 6.61 Å². The van der Waals surface area contributed by atoms with Crippen LogP contribution in [0.2, 0.25) is 0 Å². The van der Waals surface area contributed by atoms with Crippen LogP contribution in [0.5, 0.6) is 11.5 Å². The van der Waals surface area contributed by atoms with Crippen LogP contribution in [0, 0.1) is 0 Å². The minimum Gasteiger partial charge on any atom is -0.493 e. The summed E-state index contributed by atoms with van der Waals surface area (Å²) in [7, 11) is 1.56. The predicted molar refractivity (Wildman–Crippen MR) is 61.2 cm³/mol. The molecule has 1 unspecified atom stereocenters. The van der Waals surface area contributed by atoms with E-state index in [9.17, 15) is 4.79 Å². The maximum Gasteiger partial charge on any atom is 0.258 e. The van der Waals surface area contributed by atoms with Gasteiger partial charge in [-0.1, -0.05) is 12.1 Å². The zero-order valence-electron chi connectivity index (χ0n) is 9.64. The van der Waals surface area contributed by atoms with E-state index < -0.39 is 0 Å². The summed E-state index contributed by atoms with van der Waals surface area (Å²) in [5.41, 5.74) is 0. The second kappa shape index (κ2) is 5.54. The van der Waals surface area contributed by atoms with Gasteiger partial charge in [-0.05, 0) is 12.1 Å². The summed E-state index contributed by atoms with van der Waals surface area (Å²) in [6.45, 7) is 1.26. The Bertz CT molecular complexity index is 390. The molecule has 0 aliphatic carbocycles. The topological polar surface area (TPSA) is 60.1 Å². The van der Waals surface area contributed by atoms with Crippen LogP contribution in [0.25, 0.3) is 0 Å². The van der Waals surface area contributed by atoms with Gasteiger partial charge in [0.1, 0.15) is 0 Å². The molecule has 5 heteroatoms. The largest absolute Gasteiger partial charge is 0.493 e. The number of para-hydroxylation sites is 2. The lowest BCUT2D eigenvalue weighted by molar-refractivity contribution is -0.123. The van der Waals surface area contributed by atoms with Gasteiger partial charge in [0, 0.05) is 6.54 Å². The Morgan fingerprint density at radius 1 is 1.47 bits per heavy atom. The van der Waals surface area contributed by atoms with Gasteiger partial charge in [0.05, 0.1) is 19.8 Å². The van der Waals surface area contributed by atoms with Crippen molar-refractivity contribution in [2.75, 3.05) is 26.9 Å². The van der Waals surface area contributed by atoms with Crippen molar-refractivity contribution in [2.24, 2.45) is 0 Å². The number of hydrogen-bond donors (Lipinski definition) is 1. The van der Waals surface area contributed by atoms with Crippen LogP contribution >= 0.6 is 0 Å². The maximum absolute atomic E-state index is 11.4. The van der Waals surface area contributed by atoms with Gasteiger partial charge in [0.15, 0.2) is 18.1 Å². The van der Waals surface area contributed by atoms with Gasteiger partial charge < -0.3 is 19.5 Å². The molecule has 0 bridgehead atoms. The highest BCUT2D eigenvalue weighted by atomic mass is 16.6. The lowest BCUT2D eigenvalue weighted by Gasteiger charge is -2.09. The molecule has 1 atom stereocenters. The molecule has 2 rings (SSSR count). The molecule has 92 valence electrons. The van der Waals surface area contributed by atoms with Crippen molar-refractivity contribution in [3.8, 4) is 11.5 Å². The van der Waals surface area contributed by atoms with Gasteiger partial charge in [-0.3, -0.25) is 4.79 Å². The molecule has 1 aliphatic rings. The van der Waals surface area contributed by atoms with E-state index in [0.29, 0.717) is 18.0 Å². The van der Waals surface area contributed by atoms with Crippen molar-refractivity contribution in [3.63, 3.8) is 0 Å². The second-order valence-corrected chi connectivity index (χ2v) is 3.70. The zero-order chi connectivity index (χ0) is 12.1. The van der Waals surface area contributed by atoms with Gasteiger partial charge >= 0.3 is 0 Å². The average molecular weight is 237 g/mol. The SMILES string of the molecule is COc1ccccc1OCC(=O)NCC1CO1. The molecule has 1 amide bonds. The molecule has 5 nitrogen and oxygen atoms in total. The molecule has 0 spiro atoms.